The third-order valence-electron chi connectivity index (χ3n) is 6.85. The van der Waals surface area contributed by atoms with Crippen LogP contribution in [0.4, 0.5) is 17.3 Å². The van der Waals surface area contributed by atoms with E-state index >= 15 is 0 Å². The second kappa shape index (κ2) is 6.68. The minimum atomic E-state index is 0.350. The molecule has 1 saturated heterocycles. The third-order valence-corrected chi connectivity index (χ3v) is 8.45. The highest BCUT2D eigenvalue weighted by molar-refractivity contribution is 7.99. The summed E-state index contributed by atoms with van der Waals surface area (Å²) in [6.07, 6.45) is 6.75. The zero-order valence-corrected chi connectivity index (χ0v) is 17.2. The maximum Gasteiger partial charge on any atom is 0.158 e. The molecular weight excluding hydrogens is 392 g/mol. The maximum atomic E-state index is 6.56. The van der Waals surface area contributed by atoms with Crippen LogP contribution in [0.5, 0.6) is 0 Å². The zero-order valence-electron chi connectivity index (χ0n) is 15.6. The monoisotopic (exact) mass is 416 g/mol. The second-order valence-electron chi connectivity index (χ2n) is 8.42. The zero-order chi connectivity index (χ0) is 19.5. The van der Waals surface area contributed by atoms with Crippen LogP contribution in [0.1, 0.15) is 25.7 Å². The number of hydrogen-bond acceptors (Lipinski definition) is 7. The molecule has 0 bridgehead atoms. The number of halogens is 1. The largest absolute Gasteiger partial charge is 0.397 e. The lowest BCUT2D eigenvalue weighted by Gasteiger charge is -2.43. The van der Waals surface area contributed by atoms with Crippen LogP contribution in [0.3, 0.4) is 0 Å². The van der Waals surface area contributed by atoms with Crippen LogP contribution >= 0.6 is 23.4 Å². The summed E-state index contributed by atoms with van der Waals surface area (Å²) < 4.78 is 0. The molecule has 6 nitrogen and oxygen atoms in total. The average Bonchev–Trinajstić information content (AvgIpc) is 3.40. The number of hydrogen-bond donors (Lipinski definition) is 3. The molecule has 3 atom stereocenters. The van der Waals surface area contributed by atoms with Crippen molar-refractivity contribution in [3.8, 4) is 0 Å². The molecule has 1 aromatic heterocycles. The summed E-state index contributed by atoms with van der Waals surface area (Å²) in [4.78, 5) is 12.3. The van der Waals surface area contributed by atoms with Crippen LogP contribution in [0.2, 0.25) is 5.02 Å². The Labute approximate surface area is 174 Å². The van der Waals surface area contributed by atoms with Gasteiger partial charge in [-0.15, -0.1) is 0 Å². The lowest BCUT2D eigenvalue weighted by molar-refractivity contribution is 0.172. The molecule has 8 heteroatoms. The van der Waals surface area contributed by atoms with E-state index in [1.165, 1.54) is 24.6 Å². The standard InChI is InChI=1S/C20H25ClN6S/c21-16-13(22)2-1-3-14(16)28-19-18(24)26-15(10-25-19)27-6-4-20(5-7-27)9-11-8-12(11)17(20)23/h1-3,10-12,17H,4-9,22-23H2,(H2,24,26). The van der Waals surface area contributed by atoms with Crippen molar-refractivity contribution in [2.24, 2.45) is 23.0 Å². The fourth-order valence-electron chi connectivity index (χ4n) is 5.10. The summed E-state index contributed by atoms with van der Waals surface area (Å²) in [5.74, 6) is 2.94. The summed E-state index contributed by atoms with van der Waals surface area (Å²) in [5.41, 5.74) is 19.5. The van der Waals surface area contributed by atoms with E-state index in [-0.39, 0.29) is 0 Å². The first kappa shape index (κ1) is 18.3. The molecule has 1 aliphatic heterocycles. The molecule has 3 fully saturated rings. The van der Waals surface area contributed by atoms with Crippen molar-refractivity contribution >= 4 is 40.7 Å². The fourth-order valence-corrected chi connectivity index (χ4v) is 6.16. The van der Waals surface area contributed by atoms with Gasteiger partial charge in [-0.25, -0.2) is 9.97 Å². The van der Waals surface area contributed by atoms with Gasteiger partial charge in [0, 0.05) is 24.0 Å². The van der Waals surface area contributed by atoms with Crippen LogP contribution in [0.25, 0.3) is 0 Å². The summed E-state index contributed by atoms with van der Waals surface area (Å²) >= 11 is 7.66. The van der Waals surface area contributed by atoms with E-state index in [9.17, 15) is 0 Å². The predicted molar refractivity (Wildman–Crippen MR) is 115 cm³/mol. The first-order valence-electron chi connectivity index (χ1n) is 9.82. The van der Waals surface area contributed by atoms with E-state index in [2.05, 4.69) is 14.9 Å². The van der Waals surface area contributed by atoms with Crippen molar-refractivity contribution in [1.82, 2.24) is 9.97 Å². The van der Waals surface area contributed by atoms with Gasteiger partial charge in [0.2, 0.25) is 0 Å². The average molecular weight is 417 g/mol. The molecule has 0 amide bonds. The molecule has 28 heavy (non-hydrogen) atoms. The number of nitrogen functional groups attached to an aromatic ring is 2. The second-order valence-corrected chi connectivity index (χ2v) is 9.83. The molecule has 1 aromatic carbocycles. The molecule has 2 saturated carbocycles. The first-order chi connectivity index (χ1) is 13.5. The van der Waals surface area contributed by atoms with E-state index < -0.39 is 0 Å². The van der Waals surface area contributed by atoms with E-state index in [1.807, 2.05) is 18.3 Å². The molecule has 5 rings (SSSR count). The Hall–Kier alpha value is -1.70. The molecule has 2 heterocycles. The Balaban J connectivity index is 1.28. The normalized spacial score (nSPS) is 27.8. The lowest BCUT2D eigenvalue weighted by atomic mass is 9.72. The molecule has 3 aliphatic rings. The van der Waals surface area contributed by atoms with E-state index in [0.717, 1.165) is 48.5 Å². The van der Waals surface area contributed by atoms with Gasteiger partial charge in [0.05, 0.1) is 16.9 Å². The summed E-state index contributed by atoms with van der Waals surface area (Å²) in [7, 11) is 0. The van der Waals surface area contributed by atoms with Crippen molar-refractivity contribution in [1.29, 1.82) is 0 Å². The van der Waals surface area contributed by atoms with Gasteiger partial charge in [-0.1, -0.05) is 29.4 Å². The van der Waals surface area contributed by atoms with Gasteiger partial charge in [0.15, 0.2) is 5.82 Å². The van der Waals surface area contributed by atoms with Crippen molar-refractivity contribution in [3.05, 3.63) is 29.4 Å². The van der Waals surface area contributed by atoms with Gasteiger partial charge >= 0.3 is 0 Å². The summed E-state index contributed by atoms with van der Waals surface area (Å²) in [5, 5.41) is 1.16. The van der Waals surface area contributed by atoms with Gasteiger partial charge < -0.3 is 22.1 Å². The fraction of sp³-hybridized carbons (Fsp3) is 0.500. The maximum absolute atomic E-state index is 6.56. The number of aromatic nitrogens is 2. The first-order valence-corrected chi connectivity index (χ1v) is 11.0. The van der Waals surface area contributed by atoms with E-state index in [1.54, 1.807) is 6.07 Å². The minimum Gasteiger partial charge on any atom is -0.397 e. The molecule has 6 N–H and O–H groups in total. The van der Waals surface area contributed by atoms with E-state index in [4.69, 9.17) is 28.8 Å². The number of piperidine rings is 1. The smallest absolute Gasteiger partial charge is 0.158 e. The Morgan fingerprint density at radius 1 is 1.21 bits per heavy atom. The highest BCUT2D eigenvalue weighted by Crippen LogP contribution is 2.62. The number of nitrogens with zero attached hydrogens (tertiary/aromatic N) is 3. The van der Waals surface area contributed by atoms with Gasteiger partial charge in [-0.2, -0.15) is 0 Å². The minimum absolute atomic E-state index is 0.350. The predicted octanol–water partition coefficient (Wildman–Crippen LogP) is 3.40. The Bertz CT molecular complexity index is 914. The molecule has 2 aliphatic carbocycles. The van der Waals surface area contributed by atoms with Gasteiger partial charge in [0.25, 0.3) is 0 Å². The van der Waals surface area contributed by atoms with Gasteiger partial charge in [0.1, 0.15) is 10.8 Å². The van der Waals surface area contributed by atoms with Crippen LogP contribution in [-0.2, 0) is 0 Å². The topological polar surface area (TPSA) is 107 Å². The highest BCUT2D eigenvalue weighted by atomic mass is 35.5. The number of rotatable bonds is 3. The summed E-state index contributed by atoms with van der Waals surface area (Å²) in [6, 6.07) is 5.92. The quantitative estimate of drug-likeness (QED) is 0.658. The third kappa shape index (κ3) is 3.00. The molecule has 3 unspecified atom stereocenters. The van der Waals surface area contributed by atoms with Crippen LogP contribution in [0.15, 0.2) is 34.3 Å². The van der Waals surface area contributed by atoms with Crippen LogP contribution in [-0.4, -0.2) is 29.1 Å². The lowest BCUT2D eigenvalue weighted by Crippen LogP contribution is -2.48. The van der Waals surface area contributed by atoms with Crippen molar-refractivity contribution in [2.45, 2.75) is 41.6 Å². The van der Waals surface area contributed by atoms with Gasteiger partial charge in [-0.05, 0) is 55.1 Å². The van der Waals surface area contributed by atoms with Gasteiger partial charge in [-0.3, -0.25) is 0 Å². The van der Waals surface area contributed by atoms with E-state index in [0.29, 0.717) is 33.0 Å². The van der Waals surface area contributed by atoms with Crippen molar-refractivity contribution < 1.29 is 0 Å². The Morgan fingerprint density at radius 3 is 2.68 bits per heavy atom. The molecular formula is C20H25ClN6S. The van der Waals surface area contributed by atoms with Crippen LogP contribution < -0.4 is 22.1 Å². The molecule has 148 valence electrons. The SMILES string of the molecule is Nc1cccc(Sc2ncc(N3CCC4(CC3)CC3CC3C4N)nc2N)c1Cl. The Kier molecular flexibility index (Phi) is 4.37. The number of benzene rings is 1. The molecule has 2 aromatic rings. The van der Waals surface area contributed by atoms with Crippen LogP contribution in [0, 0.1) is 17.3 Å². The van der Waals surface area contributed by atoms with Crippen molar-refractivity contribution in [2.75, 3.05) is 29.5 Å². The number of nitrogens with two attached hydrogens (primary N) is 3. The highest BCUT2D eigenvalue weighted by Gasteiger charge is 2.59. The number of fused-ring (bicyclic) bond motifs is 1. The Morgan fingerprint density at radius 2 is 2.00 bits per heavy atom. The summed E-state index contributed by atoms with van der Waals surface area (Å²) in [6.45, 7) is 1.93. The molecule has 0 radical (unpaired) electrons. The number of anilines is 3. The molecule has 1 spiro atoms. The van der Waals surface area contributed by atoms with Crippen molar-refractivity contribution in [3.63, 3.8) is 0 Å².